The maximum atomic E-state index is 14.5. The van der Waals surface area contributed by atoms with Crippen LogP contribution in [-0.2, 0) is 4.74 Å². The molecule has 1 saturated heterocycles. The number of benzene rings is 2. The molecule has 2 atom stereocenters. The highest BCUT2D eigenvalue weighted by Crippen LogP contribution is 2.29. The van der Waals surface area contributed by atoms with Crippen LogP contribution in [0.15, 0.2) is 48.7 Å². The number of hydrogen-bond acceptors (Lipinski definition) is 5. The van der Waals surface area contributed by atoms with Gasteiger partial charge in [0.2, 0.25) is 5.95 Å². The number of anilines is 2. The second kappa shape index (κ2) is 7.66. The molecule has 0 bridgehead atoms. The minimum Gasteiger partial charge on any atom is -0.447 e. The second-order valence-electron chi connectivity index (χ2n) is 7.60. The first kappa shape index (κ1) is 19.1. The van der Waals surface area contributed by atoms with Gasteiger partial charge < -0.3 is 10.1 Å². The Kier molecular flexibility index (Phi) is 5.05. The number of amides is 1. The lowest BCUT2D eigenvalue weighted by molar-refractivity contribution is 0.177. The molecule has 0 aliphatic carbocycles. The summed E-state index contributed by atoms with van der Waals surface area (Å²) in [6.07, 6.45) is 0.496. The van der Waals surface area contributed by atoms with Crippen LogP contribution in [0, 0.1) is 11.7 Å². The molecule has 4 rings (SSSR count). The Bertz CT molecular complexity index is 1060. The number of rotatable bonds is 5. The summed E-state index contributed by atoms with van der Waals surface area (Å²) < 4.78 is 19.6. The van der Waals surface area contributed by atoms with Crippen LogP contribution >= 0.6 is 0 Å². The lowest BCUT2D eigenvalue weighted by Crippen LogP contribution is -2.38. The maximum Gasteiger partial charge on any atom is 0.416 e. The number of halogens is 1. The van der Waals surface area contributed by atoms with Crippen molar-refractivity contribution in [1.29, 1.82) is 0 Å². The molecule has 1 aliphatic heterocycles. The first-order valence-corrected chi connectivity index (χ1v) is 9.68. The van der Waals surface area contributed by atoms with Crippen LogP contribution in [0.3, 0.4) is 0 Å². The van der Waals surface area contributed by atoms with Gasteiger partial charge in [0.1, 0.15) is 6.61 Å². The molecule has 1 fully saturated rings. The van der Waals surface area contributed by atoms with Gasteiger partial charge in [-0.2, -0.15) is 4.98 Å². The lowest BCUT2D eigenvalue weighted by atomic mass is 10.0. The average Bonchev–Trinajstić information content (AvgIpc) is 3.10. The maximum absolute atomic E-state index is 14.5. The molecule has 1 amide bonds. The number of nitrogens with zero attached hydrogens (tertiary/aromatic N) is 3. The van der Waals surface area contributed by atoms with Crippen LogP contribution in [-0.4, -0.2) is 28.7 Å². The van der Waals surface area contributed by atoms with E-state index in [1.807, 2.05) is 39.0 Å². The van der Waals surface area contributed by atoms with Crippen molar-refractivity contribution in [1.82, 2.24) is 9.97 Å². The molecule has 7 heteroatoms. The summed E-state index contributed by atoms with van der Waals surface area (Å²) in [6.45, 7) is 6.12. The molecular formula is C22H23FN4O2. The fourth-order valence-corrected chi connectivity index (χ4v) is 3.52. The molecule has 1 aliphatic rings. The van der Waals surface area contributed by atoms with Gasteiger partial charge in [-0.1, -0.05) is 50.2 Å². The molecule has 2 aromatic carbocycles. The Labute approximate surface area is 168 Å². The number of cyclic esters (lactones) is 1. The van der Waals surface area contributed by atoms with E-state index in [1.165, 1.54) is 4.90 Å². The minimum atomic E-state index is -0.654. The summed E-state index contributed by atoms with van der Waals surface area (Å²) >= 11 is 0. The standard InChI is InChI=1S/C22H23FN4O2/c1-13(2)19-12-29-22(28)27(19)20-18(23)11-24-21(26-20)25-14(3)16-9-8-15-6-4-5-7-17(15)10-16/h4-11,13-14,19H,12H2,1-3H3,(H,24,25,26)/t14-,19?/m0/s1. The summed E-state index contributed by atoms with van der Waals surface area (Å²) in [5.41, 5.74) is 1.05. The smallest absolute Gasteiger partial charge is 0.416 e. The molecular weight excluding hydrogens is 371 g/mol. The van der Waals surface area contributed by atoms with Crippen LogP contribution in [0.5, 0.6) is 0 Å². The number of nitrogens with one attached hydrogen (secondary N) is 1. The van der Waals surface area contributed by atoms with Gasteiger partial charge in [-0.05, 0) is 35.2 Å². The summed E-state index contributed by atoms with van der Waals surface area (Å²) in [4.78, 5) is 21.8. The van der Waals surface area contributed by atoms with Crippen molar-refractivity contribution in [2.45, 2.75) is 32.9 Å². The molecule has 6 nitrogen and oxygen atoms in total. The summed E-state index contributed by atoms with van der Waals surface area (Å²) in [6, 6.07) is 14.0. The molecule has 29 heavy (non-hydrogen) atoms. The molecule has 0 spiro atoms. The summed E-state index contributed by atoms with van der Waals surface area (Å²) in [5.74, 6) is -0.360. The van der Waals surface area contributed by atoms with E-state index in [-0.39, 0.29) is 36.4 Å². The molecule has 150 valence electrons. The predicted molar refractivity (Wildman–Crippen MR) is 110 cm³/mol. The SMILES string of the molecule is CC(C)C1COC(=O)N1c1nc(N[C@@H](C)c2ccc3ccccc3c2)ncc1F. The van der Waals surface area contributed by atoms with Crippen molar-refractivity contribution >= 4 is 28.6 Å². The van der Waals surface area contributed by atoms with Crippen molar-refractivity contribution in [2.24, 2.45) is 5.92 Å². The Hall–Kier alpha value is -3.22. The number of aromatic nitrogens is 2. The van der Waals surface area contributed by atoms with E-state index in [9.17, 15) is 9.18 Å². The Morgan fingerprint density at radius 1 is 1.17 bits per heavy atom. The van der Waals surface area contributed by atoms with Crippen LogP contribution in [0.1, 0.15) is 32.4 Å². The molecule has 3 aromatic rings. The number of hydrogen-bond donors (Lipinski definition) is 1. The van der Waals surface area contributed by atoms with Crippen molar-refractivity contribution in [3.05, 3.63) is 60.0 Å². The van der Waals surface area contributed by atoms with E-state index < -0.39 is 11.9 Å². The molecule has 1 aromatic heterocycles. The van der Waals surface area contributed by atoms with Gasteiger partial charge in [0.05, 0.1) is 18.3 Å². The van der Waals surface area contributed by atoms with Gasteiger partial charge in [-0.15, -0.1) is 0 Å². The van der Waals surface area contributed by atoms with Gasteiger partial charge >= 0.3 is 6.09 Å². The first-order valence-electron chi connectivity index (χ1n) is 9.68. The van der Waals surface area contributed by atoms with E-state index in [4.69, 9.17) is 4.74 Å². The monoisotopic (exact) mass is 394 g/mol. The zero-order valence-electron chi connectivity index (χ0n) is 16.6. The predicted octanol–water partition coefficient (Wildman–Crippen LogP) is 4.92. The van der Waals surface area contributed by atoms with E-state index in [2.05, 4.69) is 39.6 Å². The normalized spacial score (nSPS) is 17.6. The van der Waals surface area contributed by atoms with Gasteiger partial charge in [-0.3, -0.25) is 4.90 Å². The largest absolute Gasteiger partial charge is 0.447 e. The van der Waals surface area contributed by atoms with Crippen molar-refractivity contribution in [3.63, 3.8) is 0 Å². The highest BCUT2D eigenvalue weighted by atomic mass is 19.1. The van der Waals surface area contributed by atoms with Crippen LogP contribution in [0.25, 0.3) is 10.8 Å². The van der Waals surface area contributed by atoms with Crippen LogP contribution in [0.2, 0.25) is 0 Å². The van der Waals surface area contributed by atoms with Gasteiger partial charge in [0.15, 0.2) is 11.6 Å². The van der Waals surface area contributed by atoms with Gasteiger partial charge in [-0.25, -0.2) is 14.2 Å². The molecule has 0 saturated carbocycles. The summed E-state index contributed by atoms with van der Waals surface area (Å²) in [7, 11) is 0. The zero-order valence-corrected chi connectivity index (χ0v) is 16.6. The Morgan fingerprint density at radius 2 is 1.93 bits per heavy atom. The minimum absolute atomic E-state index is 0.0607. The molecule has 0 radical (unpaired) electrons. The fraction of sp³-hybridized carbons (Fsp3) is 0.318. The van der Waals surface area contributed by atoms with Crippen LogP contribution in [0.4, 0.5) is 21.0 Å². The second-order valence-corrected chi connectivity index (χ2v) is 7.60. The highest BCUT2D eigenvalue weighted by Gasteiger charge is 2.38. The van der Waals surface area contributed by atoms with Crippen molar-refractivity contribution in [2.75, 3.05) is 16.8 Å². The zero-order chi connectivity index (χ0) is 20.5. The third-order valence-corrected chi connectivity index (χ3v) is 5.25. The molecule has 2 heterocycles. The molecule has 1 unspecified atom stereocenters. The van der Waals surface area contributed by atoms with E-state index in [0.717, 1.165) is 22.5 Å². The first-order chi connectivity index (χ1) is 13.9. The van der Waals surface area contributed by atoms with Gasteiger partial charge in [0, 0.05) is 0 Å². The third-order valence-electron chi connectivity index (χ3n) is 5.25. The van der Waals surface area contributed by atoms with E-state index in [0.29, 0.717) is 0 Å². The third kappa shape index (κ3) is 3.72. The van der Waals surface area contributed by atoms with Crippen molar-refractivity contribution in [3.8, 4) is 0 Å². The Morgan fingerprint density at radius 3 is 2.69 bits per heavy atom. The highest BCUT2D eigenvalue weighted by molar-refractivity contribution is 5.89. The number of fused-ring (bicyclic) bond motifs is 1. The molecule has 1 N–H and O–H groups in total. The topological polar surface area (TPSA) is 67.3 Å². The quantitative estimate of drug-likeness (QED) is 0.665. The van der Waals surface area contributed by atoms with Crippen LogP contribution < -0.4 is 10.2 Å². The fourth-order valence-electron chi connectivity index (χ4n) is 3.52. The number of carbonyl (C=O) groups is 1. The van der Waals surface area contributed by atoms with E-state index >= 15 is 0 Å². The Balaban J connectivity index is 1.60. The van der Waals surface area contributed by atoms with Gasteiger partial charge in [0.25, 0.3) is 0 Å². The lowest BCUT2D eigenvalue weighted by Gasteiger charge is -2.24. The summed E-state index contributed by atoms with van der Waals surface area (Å²) in [5, 5.41) is 5.51. The number of ether oxygens (including phenoxy) is 1. The van der Waals surface area contributed by atoms with Crippen molar-refractivity contribution < 1.29 is 13.9 Å². The average molecular weight is 394 g/mol. The number of carbonyl (C=O) groups excluding carboxylic acids is 1. The van der Waals surface area contributed by atoms with E-state index in [1.54, 1.807) is 0 Å².